The van der Waals surface area contributed by atoms with E-state index in [0.717, 1.165) is 17.4 Å². The molecule has 0 spiro atoms. The fraction of sp³-hybridized carbons (Fsp3) is 0.333. The number of aliphatic hydroxyl groups is 1. The van der Waals surface area contributed by atoms with Crippen molar-refractivity contribution in [2.75, 3.05) is 19.8 Å². The Kier molecular flexibility index (Phi) is 7.80. The Bertz CT molecular complexity index is 995. The molecule has 0 atom stereocenters. The van der Waals surface area contributed by atoms with Gasteiger partial charge in [-0.2, -0.15) is 13.2 Å². The Morgan fingerprint density at radius 1 is 0.968 bits per heavy atom. The monoisotopic (exact) mass is 456 g/mol. The lowest BCUT2D eigenvalue weighted by Gasteiger charge is -2.15. The molecule has 1 aromatic heterocycles. The van der Waals surface area contributed by atoms with Crippen LogP contribution in [0.3, 0.4) is 0 Å². The van der Waals surface area contributed by atoms with Gasteiger partial charge in [0.15, 0.2) is 0 Å². The molecule has 1 N–H and O–H groups in total. The third-order valence-corrected chi connectivity index (χ3v) is 5.22. The van der Waals surface area contributed by atoms with Crippen molar-refractivity contribution in [3.05, 3.63) is 58.9 Å². The molecule has 2 aromatic carbocycles. The average molecular weight is 456 g/mol. The number of nitrogens with zero attached hydrogens (tertiary/aromatic N) is 2. The average Bonchev–Trinajstić information content (AvgIpc) is 3.19. The predicted molar refractivity (Wildman–Crippen MR) is 108 cm³/mol. The third-order valence-electron chi connectivity index (χ3n) is 4.19. The lowest BCUT2D eigenvalue weighted by molar-refractivity contribution is -0.138. The summed E-state index contributed by atoms with van der Waals surface area (Å²) in [5.41, 5.74) is -0.607. The first-order valence-electron chi connectivity index (χ1n) is 9.53. The molecule has 1 heterocycles. The molecular formula is C21H20F4N2O3S. The van der Waals surface area contributed by atoms with Gasteiger partial charge in [0, 0.05) is 24.7 Å². The maximum absolute atomic E-state index is 13.5. The molecule has 0 amide bonds. The van der Waals surface area contributed by atoms with E-state index in [0.29, 0.717) is 41.6 Å². The van der Waals surface area contributed by atoms with E-state index in [1.165, 1.54) is 30.3 Å². The first-order chi connectivity index (χ1) is 14.9. The Balaban J connectivity index is 1.57. The zero-order valence-electron chi connectivity index (χ0n) is 16.4. The first kappa shape index (κ1) is 23.0. The van der Waals surface area contributed by atoms with E-state index in [1.54, 1.807) is 6.07 Å². The van der Waals surface area contributed by atoms with Crippen molar-refractivity contribution in [3.63, 3.8) is 0 Å². The van der Waals surface area contributed by atoms with Crippen molar-refractivity contribution >= 4 is 11.3 Å². The van der Waals surface area contributed by atoms with Crippen LogP contribution in [0.25, 0.3) is 10.6 Å². The SMILES string of the molecule is OCCc1nnc(-c2ccc(OCCCCOc3cccc(F)c3)c(C(F)(F)F)c2)s1. The standard InChI is InChI=1S/C21H20F4N2O3S/c22-15-4-3-5-16(13-15)29-10-1-2-11-30-18-7-6-14(12-17(18)21(23,24)25)20-27-26-19(31-20)8-9-28/h3-7,12-13,28H,1-2,8-11H2. The maximum atomic E-state index is 13.5. The number of benzene rings is 2. The van der Waals surface area contributed by atoms with E-state index in [9.17, 15) is 17.6 Å². The van der Waals surface area contributed by atoms with Crippen molar-refractivity contribution in [3.8, 4) is 22.1 Å². The highest BCUT2D eigenvalue weighted by Crippen LogP contribution is 2.39. The minimum Gasteiger partial charge on any atom is -0.493 e. The Morgan fingerprint density at radius 3 is 2.45 bits per heavy atom. The molecule has 0 aliphatic rings. The summed E-state index contributed by atoms with van der Waals surface area (Å²) in [6.07, 6.45) is -3.29. The van der Waals surface area contributed by atoms with Crippen LogP contribution in [-0.4, -0.2) is 35.1 Å². The molecule has 0 radical (unpaired) electrons. The zero-order chi connectivity index (χ0) is 22.3. The summed E-state index contributed by atoms with van der Waals surface area (Å²) >= 11 is 1.13. The number of rotatable bonds is 10. The largest absolute Gasteiger partial charge is 0.493 e. The van der Waals surface area contributed by atoms with Gasteiger partial charge < -0.3 is 14.6 Å². The third kappa shape index (κ3) is 6.63. The quantitative estimate of drug-likeness (QED) is 0.338. The van der Waals surface area contributed by atoms with Gasteiger partial charge in [0.1, 0.15) is 27.3 Å². The van der Waals surface area contributed by atoms with Crippen LogP contribution >= 0.6 is 11.3 Å². The van der Waals surface area contributed by atoms with Crippen LogP contribution in [0.4, 0.5) is 17.6 Å². The molecule has 3 rings (SSSR count). The van der Waals surface area contributed by atoms with E-state index < -0.39 is 17.6 Å². The summed E-state index contributed by atoms with van der Waals surface area (Å²) in [5, 5.41) is 17.6. The van der Waals surface area contributed by atoms with Gasteiger partial charge in [-0.05, 0) is 43.2 Å². The summed E-state index contributed by atoms with van der Waals surface area (Å²) in [6.45, 7) is 0.266. The van der Waals surface area contributed by atoms with Crippen LogP contribution < -0.4 is 9.47 Å². The molecule has 166 valence electrons. The molecule has 31 heavy (non-hydrogen) atoms. The number of alkyl halides is 3. The topological polar surface area (TPSA) is 64.5 Å². The number of ether oxygens (including phenoxy) is 2. The molecule has 3 aromatic rings. The molecular weight excluding hydrogens is 436 g/mol. The number of aromatic nitrogens is 2. The molecule has 10 heteroatoms. The van der Waals surface area contributed by atoms with Crippen molar-refractivity contribution in [1.29, 1.82) is 0 Å². The Hall–Kier alpha value is -2.72. The normalized spacial score (nSPS) is 11.5. The lowest BCUT2D eigenvalue weighted by Crippen LogP contribution is -2.10. The number of unbranched alkanes of at least 4 members (excludes halogenated alkanes) is 1. The molecule has 0 saturated heterocycles. The van der Waals surface area contributed by atoms with Gasteiger partial charge in [0.2, 0.25) is 0 Å². The molecule has 5 nitrogen and oxygen atoms in total. The fourth-order valence-corrected chi connectivity index (χ4v) is 3.54. The van der Waals surface area contributed by atoms with E-state index in [2.05, 4.69) is 10.2 Å². The highest BCUT2D eigenvalue weighted by atomic mass is 32.1. The van der Waals surface area contributed by atoms with Crippen molar-refractivity contribution < 1.29 is 32.1 Å². The number of aliphatic hydroxyl groups excluding tert-OH is 1. The minimum atomic E-state index is -4.59. The molecule has 0 saturated carbocycles. The van der Waals surface area contributed by atoms with Gasteiger partial charge in [0.05, 0.1) is 18.8 Å². The molecule has 0 bridgehead atoms. The van der Waals surface area contributed by atoms with E-state index in [-0.39, 0.29) is 24.5 Å². The highest BCUT2D eigenvalue weighted by Gasteiger charge is 2.35. The Morgan fingerprint density at radius 2 is 1.74 bits per heavy atom. The van der Waals surface area contributed by atoms with Crippen LogP contribution in [0, 0.1) is 5.82 Å². The summed E-state index contributed by atoms with van der Waals surface area (Å²) in [6, 6.07) is 9.50. The summed E-state index contributed by atoms with van der Waals surface area (Å²) in [4.78, 5) is 0. The second-order valence-electron chi connectivity index (χ2n) is 6.54. The lowest BCUT2D eigenvalue weighted by atomic mass is 10.1. The molecule has 0 aliphatic carbocycles. The van der Waals surface area contributed by atoms with Crippen molar-refractivity contribution in [2.24, 2.45) is 0 Å². The van der Waals surface area contributed by atoms with E-state index >= 15 is 0 Å². The van der Waals surface area contributed by atoms with E-state index in [4.69, 9.17) is 14.6 Å². The van der Waals surface area contributed by atoms with Gasteiger partial charge >= 0.3 is 6.18 Å². The molecule has 0 unspecified atom stereocenters. The van der Waals surface area contributed by atoms with Gasteiger partial charge in [-0.1, -0.05) is 17.4 Å². The number of hydrogen-bond acceptors (Lipinski definition) is 6. The predicted octanol–water partition coefficient (Wildman–Crippen LogP) is 5.14. The van der Waals surface area contributed by atoms with Crippen LogP contribution in [0.15, 0.2) is 42.5 Å². The van der Waals surface area contributed by atoms with Gasteiger partial charge in [-0.25, -0.2) is 4.39 Å². The van der Waals surface area contributed by atoms with Crippen LogP contribution in [0.1, 0.15) is 23.4 Å². The van der Waals surface area contributed by atoms with Gasteiger partial charge in [0.25, 0.3) is 0 Å². The fourth-order valence-electron chi connectivity index (χ4n) is 2.71. The summed E-state index contributed by atoms with van der Waals surface area (Å²) < 4.78 is 64.4. The summed E-state index contributed by atoms with van der Waals surface area (Å²) in [5.74, 6) is -0.265. The van der Waals surface area contributed by atoms with E-state index in [1.807, 2.05) is 0 Å². The van der Waals surface area contributed by atoms with Crippen LogP contribution in [-0.2, 0) is 12.6 Å². The minimum absolute atomic E-state index is 0.0778. The second-order valence-corrected chi connectivity index (χ2v) is 7.61. The van der Waals surface area contributed by atoms with Crippen molar-refractivity contribution in [2.45, 2.75) is 25.4 Å². The van der Waals surface area contributed by atoms with Gasteiger partial charge in [-0.3, -0.25) is 0 Å². The second kappa shape index (κ2) is 10.5. The van der Waals surface area contributed by atoms with Gasteiger partial charge in [-0.15, -0.1) is 10.2 Å². The summed E-state index contributed by atoms with van der Waals surface area (Å²) in [7, 11) is 0. The van der Waals surface area contributed by atoms with Crippen molar-refractivity contribution in [1.82, 2.24) is 10.2 Å². The van der Waals surface area contributed by atoms with Crippen LogP contribution in [0.2, 0.25) is 0 Å². The highest BCUT2D eigenvalue weighted by molar-refractivity contribution is 7.14. The van der Waals surface area contributed by atoms with Crippen LogP contribution in [0.5, 0.6) is 11.5 Å². The molecule has 0 fully saturated rings. The number of halogens is 4. The maximum Gasteiger partial charge on any atom is 0.419 e. The zero-order valence-corrected chi connectivity index (χ0v) is 17.2. The molecule has 0 aliphatic heterocycles. The number of hydrogen-bond donors (Lipinski definition) is 1. The Labute approximate surface area is 180 Å². The smallest absolute Gasteiger partial charge is 0.419 e. The first-order valence-corrected chi connectivity index (χ1v) is 10.3.